The van der Waals surface area contributed by atoms with Gasteiger partial charge in [0.2, 0.25) is 21.8 Å². The number of nitrogens with one attached hydrogen (secondary N) is 2. The summed E-state index contributed by atoms with van der Waals surface area (Å²) in [6.07, 6.45) is 0.169. The zero-order valence-corrected chi connectivity index (χ0v) is 16.2. The van der Waals surface area contributed by atoms with Gasteiger partial charge in [-0.3, -0.25) is 9.59 Å². The highest BCUT2D eigenvalue weighted by Crippen LogP contribution is 2.29. The van der Waals surface area contributed by atoms with Crippen LogP contribution in [0.5, 0.6) is 0 Å². The van der Waals surface area contributed by atoms with Gasteiger partial charge in [0.1, 0.15) is 0 Å². The maximum absolute atomic E-state index is 12.5. The average Bonchev–Trinajstić information content (AvgIpc) is 2.89. The van der Waals surface area contributed by atoms with Crippen LogP contribution >= 0.6 is 0 Å². The van der Waals surface area contributed by atoms with Crippen LogP contribution in [0.3, 0.4) is 0 Å². The van der Waals surface area contributed by atoms with Crippen molar-refractivity contribution in [2.24, 2.45) is 0 Å². The first kappa shape index (κ1) is 19.1. The summed E-state index contributed by atoms with van der Waals surface area (Å²) >= 11 is 0. The highest BCUT2D eigenvalue weighted by molar-refractivity contribution is 7.89. The Labute approximate surface area is 158 Å². The van der Waals surface area contributed by atoms with Crippen LogP contribution in [0.2, 0.25) is 0 Å². The molecule has 0 radical (unpaired) electrons. The van der Waals surface area contributed by atoms with E-state index >= 15 is 0 Å². The van der Waals surface area contributed by atoms with Gasteiger partial charge in [-0.2, -0.15) is 0 Å². The molecule has 8 heteroatoms. The van der Waals surface area contributed by atoms with Crippen molar-refractivity contribution in [1.29, 1.82) is 0 Å². The van der Waals surface area contributed by atoms with Gasteiger partial charge in [-0.05, 0) is 49.2 Å². The Hall–Kier alpha value is -2.71. The molecule has 2 aromatic carbocycles. The third-order valence-electron chi connectivity index (χ3n) is 4.52. The molecule has 0 saturated carbocycles. The van der Waals surface area contributed by atoms with Gasteiger partial charge in [0.25, 0.3) is 0 Å². The van der Waals surface area contributed by atoms with Crippen LogP contribution in [0.1, 0.15) is 16.7 Å². The summed E-state index contributed by atoms with van der Waals surface area (Å²) in [5, 5.41) is 2.70. The Bertz CT molecular complexity index is 1030. The van der Waals surface area contributed by atoms with Crippen molar-refractivity contribution in [3.63, 3.8) is 0 Å². The number of hydrogen-bond donors (Lipinski definition) is 2. The second-order valence-electron chi connectivity index (χ2n) is 6.61. The van der Waals surface area contributed by atoms with Crippen LogP contribution < -0.4 is 14.9 Å². The summed E-state index contributed by atoms with van der Waals surface area (Å²) in [5.41, 5.74) is 3.98. The van der Waals surface area contributed by atoms with E-state index in [1.165, 1.54) is 17.0 Å². The molecule has 2 aromatic rings. The van der Waals surface area contributed by atoms with Crippen LogP contribution in [0.15, 0.2) is 41.3 Å². The van der Waals surface area contributed by atoms with Crippen LogP contribution in [0.25, 0.3) is 0 Å². The normalized spacial score (nSPS) is 13.6. The molecule has 2 N–H and O–H groups in total. The van der Waals surface area contributed by atoms with Gasteiger partial charge in [-0.1, -0.05) is 17.7 Å². The fourth-order valence-electron chi connectivity index (χ4n) is 3.01. The van der Waals surface area contributed by atoms with Crippen LogP contribution in [-0.2, 0) is 26.0 Å². The van der Waals surface area contributed by atoms with Gasteiger partial charge in [-0.25, -0.2) is 13.1 Å². The number of likely N-dealkylation sites (N-methyl/N-ethyl adjacent to an activating group) is 1. The Morgan fingerprint density at radius 1 is 1.15 bits per heavy atom. The molecule has 0 unspecified atom stereocenters. The maximum atomic E-state index is 12.5. The highest BCUT2D eigenvalue weighted by Gasteiger charge is 2.26. The summed E-state index contributed by atoms with van der Waals surface area (Å²) in [6.45, 7) is 3.44. The molecule has 0 atom stereocenters. The minimum Gasteiger partial charge on any atom is -0.325 e. The number of aryl methyl sites for hydroxylation is 2. The monoisotopic (exact) mass is 387 g/mol. The van der Waals surface area contributed by atoms with Gasteiger partial charge in [-0.15, -0.1) is 0 Å². The number of carbonyl (C=O) groups is 2. The van der Waals surface area contributed by atoms with E-state index in [4.69, 9.17) is 0 Å². The number of amides is 2. The number of hydrogen-bond acceptors (Lipinski definition) is 4. The Balaban J connectivity index is 1.67. The molecule has 2 amide bonds. The molecule has 0 fully saturated rings. The van der Waals surface area contributed by atoms with E-state index in [0.717, 1.165) is 11.1 Å². The van der Waals surface area contributed by atoms with Crippen molar-refractivity contribution < 1.29 is 18.0 Å². The third-order valence-corrected chi connectivity index (χ3v) is 5.92. The Kier molecular flexibility index (Phi) is 5.03. The molecule has 0 spiro atoms. The first-order valence-electron chi connectivity index (χ1n) is 8.43. The van der Waals surface area contributed by atoms with Crippen LogP contribution in [-0.4, -0.2) is 33.8 Å². The summed E-state index contributed by atoms with van der Waals surface area (Å²) in [4.78, 5) is 25.4. The van der Waals surface area contributed by atoms with E-state index in [9.17, 15) is 18.0 Å². The SMILES string of the molecule is Cc1ccc(NC(=O)CNS(=O)(=O)c2ccc3c(c2)CC(=O)N3C)c(C)c1. The molecule has 0 saturated heterocycles. The minimum absolute atomic E-state index is 0.0312. The van der Waals surface area contributed by atoms with Gasteiger partial charge >= 0.3 is 0 Å². The first-order valence-corrected chi connectivity index (χ1v) is 9.92. The molecule has 0 bridgehead atoms. The average molecular weight is 387 g/mol. The fraction of sp³-hybridized carbons (Fsp3) is 0.263. The summed E-state index contributed by atoms with van der Waals surface area (Å²) < 4.78 is 27.2. The lowest BCUT2D eigenvalue weighted by molar-refractivity contribution is -0.117. The topological polar surface area (TPSA) is 95.6 Å². The second kappa shape index (κ2) is 7.13. The number of nitrogens with zero attached hydrogens (tertiary/aromatic N) is 1. The van der Waals surface area contributed by atoms with E-state index < -0.39 is 15.9 Å². The molecular weight excluding hydrogens is 366 g/mol. The maximum Gasteiger partial charge on any atom is 0.241 e. The van der Waals surface area contributed by atoms with Crippen molar-refractivity contribution in [2.75, 3.05) is 23.8 Å². The number of anilines is 2. The summed E-state index contributed by atoms with van der Waals surface area (Å²) in [5.74, 6) is -0.540. The van der Waals surface area contributed by atoms with E-state index in [0.29, 0.717) is 16.9 Å². The molecule has 7 nitrogen and oxygen atoms in total. The van der Waals surface area contributed by atoms with E-state index in [1.54, 1.807) is 19.2 Å². The predicted molar refractivity (Wildman–Crippen MR) is 103 cm³/mol. The van der Waals surface area contributed by atoms with Crippen molar-refractivity contribution in [1.82, 2.24) is 4.72 Å². The van der Waals surface area contributed by atoms with Crippen LogP contribution in [0, 0.1) is 13.8 Å². The standard InChI is InChI=1S/C19H21N3O4S/c1-12-4-6-16(13(2)8-12)21-18(23)11-20-27(25,26)15-5-7-17-14(9-15)10-19(24)22(17)3/h4-9,20H,10-11H2,1-3H3,(H,21,23). The fourth-order valence-corrected chi connectivity index (χ4v) is 4.04. The van der Waals surface area contributed by atoms with Gasteiger partial charge < -0.3 is 10.2 Å². The molecule has 142 valence electrons. The molecule has 0 aromatic heterocycles. The smallest absolute Gasteiger partial charge is 0.241 e. The molecule has 1 heterocycles. The van der Waals surface area contributed by atoms with E-state index in [-0.39, 0.29) is 23.8 Å². The van der Waals surface area contributed by atoms with Crippen molar-refractivity contribution in [3.05, 3.63) is 53.1 Å². The Morgan fingerprint density at radius 3 is 2.59 bits per heavy atom. The van der Waals surface area contributed by atoms with Gasteiger partial charge in [0.15, 0.2) is 0 Å². The first-order chi connectivity index (χ1) is 12.7. The number of benzene rings is 2. The third kappa shape index (κ3) is 4.01. The van der Waals surface area contributed by atoms with Gasteiger partial charge in [0, 0.05) is 18.4 Å². The lowest BCUT2D eigenvalue weighted by Gasteiger charge is -2.12. The number of fused-ring (bicyclic) bond motifs is 1. The van der Waals surface area contributed by atoms with Gasteiger partial charge in [0.05, 0.1) is 17.9 Å². The molecule has 1 aliphatic rings. The quantitative estimate of drug-likeness (QED) is 0.817. The number of sulfonamides is 1. The Morgan fingerprint density at radius 2 is 1.89 bits per heavy atom. The lowest BCUT2D eigenvalue weighted by Crippen LogP contribution is -2.33. The van der Waals surface area contributed by atoms with Crippen LogP contribution in [0.4, 0.5) is 11.4 Å². The molecule has 1 aliphatic heterocycles. The minimum atomic E-state index is -3.86. The predicted octanol–water partition coefficient (Wildman–Crippen LogP) is 1.74. The second-order valence-corrected chi connectivity index (χ2v) is 8.38. The molecular formula is C19H21N3O4S. The molecule has 27 heavy (non-hydrogen) atoms. The number of rotatable bonds is 5. The van der Waals surface area contributed by atoms with Crippen molar-refractivity contribution >= 4 is 33.2 Å². The number of carbonyl (C=O) groups excluding carboxylic acids is 2. The molecule has 3 rings (SSSR count). The van der Waals surface area contributed by atoms with E-state index in [2.05, 4.69) is 10.0 Å². The highest BCUT2D eigenvalue weighted by atomic mass is 32.2. The largest absolute Gasteiger partial charge is 0.325 e. The zero-order valence-electron chi connectivity index (χ0n) is 15.4. The van der Waals surface area contributed by atoms with Crippen molar-refractivity contribution in [2.45, 2.75) is 25.2 Å². The zero-order chi connectivity index (χ0) is 19.8. The summed E-state index contributed by atoms with van der Waals surface area (Å²) in [7, 11) is -2.21. The molecule has 0 aliphatic carbocycles. The lowest BCUT2D eigenvalue weighted by atomic mass is 10.1. The summed E-state index contributed by atoms with van der Waals surface area (Å²) in [6, 6.07) is 10.1. The van der Waals surface area contributed by atoms with Crippen molar-refractivity contribution in [3.8, 4) is 0 Å². The van der Waals surface area contributed by atoms with E-state index in [1.807, 2.05) is 26.0 Å².